The zero-order chi connectivity index (χ0) is 23.7. The van der Waals surface area contributed by atoms with E-state index in [0.29, 0.717) is 11.8 Å². The normalized spacial score (nSPS) is 11.8. The zero-order valence-corrected chi connectivity index (χ0v) is 17.4. The first-order valence-electron chi connectivity index (χ1n) is 8.81. The summed E-state index contributed by atoms with van der Waals surface area (Å²) in [4.78, 5) is 16.8. The van der Waals surface area contributed by atoms with Crippen LogP contribution in [0.1, 0.15) is 21.9 Å². The number of halogens is 4. The second-order valence-electron chi connectivity index (χ2n) is 6.53. The highest BCUT2D eigenvalue weighted by Gasteiger charge is 2.35. The van der Waals surface area contributed by atoms with Crippen molar-refractivity contribution in [2.45, 2.75) is 18.0 Å². The van der Waals surface area contributed by atoms with Gasteiger partial charge in [-0.3, -0.25) is 9.52 Å². The second-order valence-corrected chi connectivity index (χ2v) is 8.18. The standard InChI is InChI=1S/C19H16F4N4O4S/c1-10-7-11(20)3-5-13(10)27-32(29,30)16-8-12(4-6-15(16)31-2)25-17(28)14-9-24-18(26-14)19(21,22)23/h3-9,27H,1-2H3,(H,24,26)(H,25,28). The SMILES string of the molecule is COc1ccc(NC(=O)c2cnc(C(F)(F)F)[nH]2)cc1S(=O)(=O)Nc1ccc(F)cc1C. The fourth-order valence-corrected chi connectivity index (χ4v) is 4.01. The maximum Gasteiger partial charge on any atom is 0.449 e. The van der Waals surface area contributed by atoms with Gasteiger partial charge in [0.25, 0.3) is 15.9 Å². The molecule has 1 aromatic heterocycles. The molecule has 170 valence electrons. The second kappa shape index (κ2) is 8.49. The van der Waals surface area contributed by atoms with Crippen LogP contribution in [0, 0.1) is 12.7 Å². The van der Waals surface area contributed by atoms with Crippen molar-refractivity contribution in [1.29, 1.82) is 0 Å². The number of hydrogen-bond acceptors (Lipinski definition) is 5. The van der Waals surface area contributed by atoms with Gasteiger partial charge in [-0.1, -0.05) is 0 Å². The Labute approximate surface area is 179 Å². The van der Waals surface area contributed by atoms with E-state index in [4.69, 9.17) is 4.74 Å². The van der Waals surface area contributed by atoms with Gasteiger partial charge in [0.2, 0.25) is 5.82 Å². The molecule has 1 amide bonds. The lowest BCUT2D eigenvalue weighted by Crippen LogP contribution is -2.17. The summed E-state index contributed by atoms with van der Waals surface area (Å²) >= 11 is 0. The summed E-state index contributed by atoms with van der Waals surface area (Å²) in [7, 11) is -3.01. The van der Waals surface area contributed by atoms with Gasteiger partial charge in [0, 0.05) is 5.69 Å². The van der Waals surface area contributed by atoms with E-state index in [0.717, 1.165) is 18.2 Å². The van der Waals surface area contributed by atoms with Gasteiger partial charge in [-0.25, -0.2) is 17.8 Å². The van der Waals surface area contributed by atoms with Gasteiger partial charge in [0.1, 0.15) is 22.2 Å². The minimum Gasteiger partial charge on any atom is -0.495 e. The lowest BCUT2D eigenvalue weighted by molar-refractivity contribution is -0.144. The average Bonchev–Trinajstić information content (AvgIpc) is 3.21. The fourth-order valence-electron chi connectivity index (χ4n) is 2.68. The number of sulfonamides is 1. The zero-order valence-electron chi connectivity index (χ0n) is 16.5. The van der Waals surface area contributed by atoms with Crippen molar-refractivity contribution in [3.63, 3.8) is 0 Å². The number of H-pyrrole nitrogens is 1. The van der Waals surface area contributed by atoms with Crippen LogP contribution in [0.15, 0.2) is 47.5 Å². The first-order chi connectivity index (χ1) is 14.9. The Bertz CT molecular complexity index is 1270. The Morgan fingerprint density at radius 1 is 1.16 bits per heavy atom. The van der Waals surface area contributed by atoms with E-state index in [1.54, 1.807) is 0 Å². The summed E-state index contributed by atoms with van der Waals surface area (Å²) in [5.41, 5.74) is -0.0514. The van der Waals surface area contributed by atoms with Crippen molar-refractivity contribution >= 4 is 27.3 Å². The van der Waals surface area contributed by atoms with Crippen LogP contribution in [0.5, 0.6) is 5.75 Å². The van der Waals surface area contributed by atoms with Crippen LogP contribution in [-0.4, -0.2) is 31.4 Å². The minimum absolute atomic E-state index is 0.0323. The maximum atomic E-state index is 13.3. The molecule has 32 heavy (non-hydrogen) atoms. The smallest absolute Gasteiger partial charge is 0.449 e. The molecule has 0 aliphatic carbocycles. The molecule has 3 rings (SSSR count). The molecule has 0 aliphatic heterocycles. The number of carbonyl (C=O) groups excluding carboxylic acids is 1. The van der Waals surface area contributed by atoms with Gasteiger partial charge in [-0.05, 0) is 48.9 Å². The molecular weight excluding hydrogens is 456 g/mol. The highest BCUT2D eigenvalue weighted by molar-refractivity contribution is 7.92. The molecule has 3 aromatic rings. The molecular formula is C19H16F4N4O4S. The predicted octanol–water partition coefficient (Wildman–Crippen LogP) is 3.94. The van der Waals surface area contributed by atoms with Gasteiger partial charge in [-0.2, -0.15) is 13.2 Å². The first kappa shape index (κ1) is 23.1. The highest BCUT2D eigenvalue weighted by atomic mass is 32.2. The van der Waals surface area contributed by atoms with Crippen molar-refractivity contribution in [2.24, 2.45) is 0 Å². The van der Waals surface area contributed by atoms with Gasteiger partial charge in [-0.15, -0.1) is 0 Å². The van der Waals surface area contributed by atoms with Crippen LogP contribution in [0.2, 0.25) is 0 Å². The molecule has 2 aromatic carbocycles. The molecule has 0 atom stereocenters. The number of aromatic amines is 1. The number of rotatable bonds is 6. The fraction of sp³-hybridized carbons (Fsp3) is 0.158. The predicted molar refractivity (Wildman–Crippen MR) is 106 cm³/mol. The monoisotopic (exact) mass is 472 g/mol. The average molecular weight is 472 g/mol. The molecule has 0 radical (unpaired) electrons. The van der Waals surface area contributed by atoms with Crippen LogP contribution >= 0.6 is 0 Å². The number of carbonyl (C=O) groups is 1. The number of nitrogens with zero attached hydrogens (tertiary/aromatic N) is 1. The van der Waals surface area contributed by atoms with Crippen LogP contribution < -0.4 is 14.8 Å². The number of imidazole rings is 1. The lowest BCUT2D eigenvalue weighted by atomic mass is 10.2. The third kappa shape index (κ3) is 4.99. The third-order valence-electron chi connectivity index (χ3n) is 4.23. The van der Waals surface area contributed by atoms with E-state index in [-0.39, 0.29) is 22.0 Å². The summed E-state index contributed by atoms with van der Waals surface area (Å²) in [5, 5.41) is 2.29. The van der Waals surface area contributed by atoms with E-state index < -0.39 is 39.4 Å². The van der Waals surface area contributed by atoms with Crippen molar-refractivity contribution in [2.75, 3.05) is 17.1 Å². The van der Waals surface area contributed by atoms with E-state index in [1.165, 1.54) is 32.2 Å². The van der Waals surface area contributed by atoms with E-state index in [1.807, 2.05) is 4.98 Å². The number of aromatic nitrogens is 2. The lowest BCUT2D eigenvalue weighted by Gasteiger charge is -2.14. The Hall–Kier alpha value is -3.61. The topological polar surface area (TPSA) is 113 Å². The van der Waals surface area contributed by atoms with Crippen molar-refractivity contribution < 1.29 is 35.5 Å². The molecule has 0 fully saturated rings. The number of anilines is 2. The van der Waals surface area contributed by atoms with Crippen LogP contribution in [0.3, 0.4) is 0 Å². The Balaban J connectivity index is 1.89. The quantitative estimate of drug-likeness (QED) is 0.471. The van der Waals surface area contributed by atoms with Crippen molar-refractivity contribution in [3.8, 4) is 5.75 Å². The molecule has 0 bridgehead atoms. The number of benzene rings is 2. The number of alkyl halides is 3. The molecule has 13 heteroatoms. The van der Waals surface area contributed by atoms with Gasteiger partial charge in [0.05, 0.1) is 19.0 Å². The molecule has 0 unspecified atom stereocenters. The largest absolute Gasteiger partial charge is 0.495 e. The Kier molecular flexibility index (Phi) is 6.12. The number of aryl methyl sites for hydroxylation is 1. The van der Waals surface area contributed by atoms with Crippen LogP contribution in [0.4, 0.5) is 28.9 Å². The van der Waals surface area contributed by atoms with E-state index in [2.05, 4.69) is 15.0 Å². The summed E-state index contributed by atoms with van der Waals surface area (Å²) in [6, 6.07) is 7.11. The molecule has 0 saturated heterocycles. The number of nitrogens with one attached hydrogen (secondary N) is 3. The highest BCUT2D eigenvalue weighted by Crippen LogP contribution is 2.30. The summed E-state index contributed by atoms with van der Waals surface area (Å²) < 4.78 is 84.4. The molecule has 0 saturated carbocycles. The van der Waals surface area contributed by atoms with E-state index in [9.17, 15) is 30.8 Å². The van der Waals surface area contributed by atoms with Crippen molar-refractivity contribution in [3.05, 3.63) is 65.5 Å². The van der Waals surface area contributed by atoms with Crippen molar-refractivity contribution in [1.82, 2.24) is 9.97 Å². The Morgan fingerprint density at radius 2 is 1.88 bits per heavy atom. The summed E-state index contributed by atoms with van der Waals surface area (Å²) in [5.74, 6) is -2.92. The number of amides is 1. The summed E-state index contributed by atoms with van der Waals surface area (Å²) in [6.07, 6.45) is -4.05. The molecule has 1 heterocycles. The van der Waals surface area contributed by atoms with Crippen LogP contribution in [0.25, 0.3) is 0 Å². The molecule has 8 nitrogen and oxygen atoms in total. The summed E-state index contributed by atoms with van der Waals surface area (Å²) in [6.45, 7) is 1.51. The first-order valence-corrected chi connectivity index (χ1v) is 10.3. The van der Waals surface area contributed by atoms with Gasteiger partial charge < -0.3 is 15.0 Å². The van der Waals surface area contributed by atoms with E-state index >= 15 is 0 Å². The number of ether oxygens (including phenoxy) is 1. The number of hydrogen-bond donors (Lipinski definition) is 3. The Morgan fingerprint density at radius 3 is 2.47 bits per heavy atom. The van der Waals surface area contributed by atoms with Crippen LogP contribution in [-0.2, 0) is 16.2 Å². The maximum absolute atomic E-state index is 13.3. The molecule has 3 N–H and O–H groups in total. The third-order valence-corrected chi connectivity index (χ3v) is 5.62. The van der Waals surface area contributed by atoms with Gasteiger partial charge in [0.15, 0.2) is 0 Å². The molecule has 0 spiro atoms. The molecule has 0 aliphatic rings. The van der Waals surface area contributed by atoms with Gasteiger partial charge >= 0.3 is 6.18 Å². The minimum atomic E-state index is -4.76. The number of methoxy groups -OCH3 is 1.